The highest BCUT2D eigenvalue weighted by atomic mass is 16.5. The van der Waals surface area contributed by atoms with Crippen LogP contribution in [0.4, 0.5) is 5.69 Å². The van der Waals surface area contributed by atoms with Crippen LogP contribution < -0.4 is 0 Å². The van der Waals surface area contributed by atoms with Crippen molar-refractivity contribution in [3.63, 3.8) is 0 Å². The van der Waals surface area contributed by atoms with Gasteiger partial charge in [0, 0.05) is 6.21 Å². The zero-order chi connectivity index (χ0) is 12.8. The Labute approximate surface area is 100 Å². The minimum absolute atomic E-state index is 0.0491. The number of rotatable bonds is 3. The lowest BCUT2D eigenvalue weighted by Crippen LogP contribution is -2.08. The predicted octanol–water partition coefficient (Wildman–Crippen LogP) is 2.70. The van der Waals surface area contributed by atoms with Crippen LogP contribution in [0.2, 0.25) is 0 Å². The first-order chi connectivity index (χ1) is 8.04. The zero-order valence-electron chi connectivity index (χ0n) is 10.1. The van der Waals surface area contributed by atoms with Crippen LogP contribution in [0, 0.1) is 6.92 Å². The number of ether oxygens (including phenoxy) is 1. The molecule has 1 rings (SSSR count). The fourth-order valence-corrected chi connectivity index (χ4v) is 1.17. The van der Waals surface area contributed by atoms with E-state index in [4.69, 9.17) is 0 Å². The molecule has 0 radical (unpaired) electrons. The maximum absolute atomic E-state index is 11.3. The summed E-state index contributed by atoms with van der Waals surface area (Å²) >= 11 is 0. The second kappa shape index (κ2) is 5.84. The van der Waals surface area contributed by atoms with Gasteiger partial charge in [-0.25, -0.2) is 4.79 Å². The summed E-state index contributed by atoms with van der Waals surface area (Å²) in [6.45, 7) is 3.39. The molecule has 0 aliphatic heterocycles. The lowest BCUT2D eigenvalue weighted by atomic mass is 10.2. The zero-order valence-corrected chi connectivity index (χ0v) is 10.1. The summed E-state index contributed by atoms with van der Waals surface area (Å²) in [5.41, 5.74) is 1.89. The van der Waals surface area contributed by atoms with Gasteiger partial charge in [0.05, 0.1) is 12.8 Å². The van der Waals surface area contributed by atoms with Gasteiger partial charge in [-0.05, 0) is 26.0 Å². The number of methoxy groups -OCH3 is 1. The Morgan fingerprint density at radius 2 is 1.94 bits per heavy atom. The highest BCUT2D eigenvalue weighted by Crippen LogP contribution is 2.13. The maximum atomic E-state index is 11.3. The molecule has 0 spiro atoms. The van der Waals surface area contributed by atoms with Crippen molar-refractivity contribution in [3.05, 3.63) is 41.2 Å². The number of hydrogen-bond acceptors (Lipinski definition) is 4. The Morgan fingerprint density at radius 3 is 2.41 bits per heavy atom. The average Bonchev–Trinajstić information content (AvgIpc) is 2.31. The van der Waals surface area contributed by atoms with Crippen molar-refractivity contribution in [2.45, 2.75) is 13.8 Å². The summed E-state index contributed by atoms with van der Waals surface area (Å²) in [6, 6.07) is 7.49. The number of esters is 1. The smallest absolute Gasteiger partial charge is 0.342 e. The molecule has 4 heteroatoms. The molecule has 90 valence electrons. The van der Waals surface area contributed by atoms with Gasteiger partial charge >= 0.3 is 5.97 Å². The van der Waals surface area contributed by atoms with Crippen molar-refractivity contribution in [1.82, 2.24) is 0 Å². The van der Waals surface area contributed by atoms with Gasteiger partial charge in [0.15, 0.2) is 0 Å². The van der Waals surface area contributed by atoms with Crippen LogP contribution >= 0.6 is 0 Å². The highest BCUT2D eigenvalue weighted by molar-refractivity contribution is 6.10. The third-order valence-corrected chi connectivity index (χ3v) is 2.17. The molecule has 17 heavy (non-hydrogen) atoms. The molecule has 0 saturated heterocycles. The number of benzene rings is 1. The van der Waals surface area contributed by atoms with Gasteiger partial charge in [-0.15, -0.1) is 0 Å². The number of aliphatic hydroxyl groups excluding tert-OH is 1. The second-order valence-corrected chi connectivity index (χ2v) is 3.58. The Hall–Kier alpha value is -2.10. The summed E-state index contributed by atoms with van der Waals surface area (Å²) in [6.07, 6.45) is 1.30. The summed E-state index contributed by atoms with van der Waals surface area (Å²) in [7, 11) is 1.25. The van der Waals surface area contributed by atoms with Gasteiger partial charge in [0.2, 0.25) is 0 Å². The molecule has 0 unspecified atom stereocenters. The van der Waals surface area contributed by atoms with Gasteiger partial charge < -0.3 is 9.84 Å². The summed E-state index contributed by atoms with van der Waals surface area (Å²) in [5.74, 6) is -0.728. The van der Waals surface area contributed by atoms with Crippen molar-refractivity contribution in [3.8, 4) is 0 Å². The minimum atomic E-state index is -0.610. The topological polar surface area (TPSA) is 58.9 Å². The molecule has 4 nitrogen and oxygen atoms in total. The number of hydrogen-bond donors (Lipinski definition) is 1. The summed E-state index contributed by atoms with van der Waals surface area (Å²) in [4.78, 5) is 15.4. The maximum Gasteiger partial charge on any atom is 0.342 e. The average molecular weight is 233 g/mol. The Kier molecular flexibility index (Phi) is 4.46. The quantitative estimate of drug-likeness (QED) is 0.378. The van der Waals surface area contributed by atoms with E-state index >= 15 is 0 Å². The number of nitrogens with zero attached hydrogens (tertiary/aromatic N) is 1. The van der Waals surface area contributed by atoms with Crippen molar-refractivity contribution < 1.29 is 14.6 Å². The Morgan fingerprint density at radius 1 is 1.35 bits per heavy atom. The summed E-state index contributed by atoms with van der Waals surface area (Å²) < 4.78 is 4.53. The second-order valence-electron chi connectivity index (χ2n) is 3.58. The Bertz CT molecular complexity index is 454. The number of allylic oxidation sites excluding steroid dienone is 1. The number of carbonyl (C=O) groups is 1. The molecule has 0 atom stereocenters. The molecule has 0 fully saturated rings. The van der Waals surface area contributed by atoms with Crippen LogP contribution in [0.1, 0.15) is 12.5 Å². The van der Waals surface area contributed by atoms with Gasteiger partial charge in [0.25, 0.3) is 0 Å². The van der Waals surface area contributed by atoms with E-state index in [2.05, 4.69) is 9.73 Å². The molecule has 1 aromatic rings. The van der Waals surface area contributed by atoms with E-state index in [0.29, 0.717) is 5.69 Å². The first-order valence-corrected chi connectivity index (χ1v) is 5.13. The van der Waals surface area contributed by atoms with E-state index in [1.165, 1.54) is 20.2 Å². The monoisotopic (exact) mass is 233 g/mol. The highest BCUT2D eigenvalue weighted by Gasteiger charge is 2.10. The lowest BCUT2D eigenvalue weighted by Gasteiger charge is -2.00. The molecule has 1 aromatic carbocycles. The van der Waals surface area contributed by atoms with Crippen LogP contribution in [-0.4, -0.2) is 24.4 Å². The van der Waals surface area contributed by atoms with Crippen LogP contribution in [0.25, 0.3) is 0 Å². The van der Waals surface area contributed by atoms with E-state index in [1.54, 1.807) is 0 Å². The molecule has 0 heterocycles. The van der Waals surface area contributed by atoms with E-state index in [1.807, 2.05) is 31.2 Å². The SMILES string of the molecule is COC(=O)/C(C=Nc1ccc(C)cc1)=C(\C)O. The first-order valence-electron chi connectivity index (χ1n) is 5.13. The molecule has 0 aliphatic carbocycles. The van der Waals surface area contributed by atoms with E-state index in [9.17, 15) is 9.90 Å². The molecule has 0 saturated carbocycles. The number of aliphatic hydroxyl groups is 1. The Balaban J connectivity index is 2.92. The van der Waals surface area contributed by atoms with Gasteiger partial charge in [-0.3, -0.25) is 4.99 Å². The molecule has 1 N–H and O–H groups in total. The van der Waals surface area contributed by atoms with Crippen molar-refractivity contribution >= 4 is 17.9 Å². The van der Waals surface area contributed by atoms with Crippen LogP contribution in [0.15, 0.2) is 40.6 Å². The van der Waals surface area contributed by atoms with E-state index < -0.39 is 5.97 Å². The number of aryl methyl sites for hydroxylation is 1. The predicted molar refractivity (Wildman–Crippen MR) is 66.7 cm³/mol. The van der Waals surface area contributed by atoms with Crippen LogP contribution in [0.3, 0.4) is 0 Å². The molecular weight excluding hydrogens is 218 g/mol. The lowest BCUT2D eigenvalue weighted by molar-refractivity contribution is -0.135. The van der Waals surface area contributed by atoms with Crippen LogP contribution in [0.5, 0.6) is 0 Å². The summed E-state index contributed by atoms with van der Waals surface area (Å²) in [5, 5.41) is 9.32. The first kappa shape index (κ1) is 13.0. The van der Waals surface area contributed by atoms with Crippen LogP contribution in [-0.2, 0) is 9.53 Å². The molecule has 0 aliphatic rings. The fourth-order valence-electron chi connectivity index (χ4n) is 1.17. The third kappa shape index (κ3) is 3.75. The molecule has 0 amide bonds. The molecule has 0 bridgehead atoms. The van der Waals surface area contributed by atoms with Gasteiger partial charge in [-0.2, -0.15) is 0 Å². The van der Waals surface area contributed by atoms with E-state index in [-0.39, 0.29) is 11.3 Å². The van der Waals surface area contributed by atoms with Gasteiger partial charge in [0.1, 0.15) is 11.3 Å². The normalized spacial score (nSPS) is 12.4. The van der Waals surface area contributed by atoms with Crippen molar-refractivity contribution in [1.29, 1.82) is 0 Å². The molecule has 0 aromatic heterocycles. The van der Waals surface area contributed by atoms with E-state index in [0.717, 1.165) is 5.56 Å². The van der Waals surface area contributed by atoms with Gasteiger partial charge in [-0.1, -0.05) is 17.7 Å². The van der Waals surface area contributed by atoms with Crippen molar-refractivity contribution in [2.24, 2.45) is 4.99 Å². The fraction of sp³-hybridized carbons (Fsp3) is 0.231. The van der Waals surface area contributed by atoms with Crippen molar-refractivity contribution in [2.75, 3.05) is 7.11 Å². The standard InChI is InChI=1S/C13H15NO3/c1-9-4-6-11(7-5-9)14-8-12(10(2)15)13(16)17-3/h4-8,15H,1-3H3/b12-10+,14-8?. The largest absolute Gasteiger partial charge is 0.512 e. The minimum Gasteiger partial charge on any atom is -0.512 e. The molecular formula is C13H15NO3. The third-order valence-electron chi connectivity index (χ3n) is 2.17. The number of carbonyl (C=O) groups excluding carboxylic acids is 1. The number of aliphatic imine (C=N–C) groups is 1.